The van der Waals surface area contributed by atoms with Crippen molar-refractivity contribution < 1.29 is 13.9 Å². The van der Waals surface area contributed by atoms with Crippen molar-refractivity contribution >= 4 is 16.8 Å². The van der Waals surface area contributed by atoms with Crippen LogP contribution in [0.5, 0.6) is 5.75 Å². The Morgan fingerprint density at radius 1 is 1.23 bits per heavy atom. The molecule has 2 heterocycles. The Hall–Kier alpha value is -2.86. The number of rotatable bonds is 5. The van der Waals surface area contributed by atoms with E-state index < -0.39 is 5.82 Å². The molecule has 1 amide bonds. The van der Waals surface area contributed by atoms with Crippen LogP contribution in [-0.4, -0.2) is 41.0 Å². The normalized spacial score (nSPS) is 20.5. The Balaban J connectivity index is 1.35. The number of aromatic nitrogens is 1. The van der Waals surface area contributed by atoms with E-state index in [0.29, 0.717) is 22.3 Å². The summed E-state index contributed by atoms with van der Waals surface area (Å²) in [5, 5.41) is 3.79. The van der Waals surface area contributed by atoms with Crippen molar-refractivity contribution in [2.75, 3.05) is 13.7 Å². The molecule has 1 aliphatic heterocycles. The van der Waals surface area contributed by atoms with Crippen LogP contribution in [0.4, 0.5) is 4.39 Å². The lowest BCUT2D eigenvalue weighted by Gasteiger charge is -2.34. The van der Waals surface area contributed by atoms with Gasteiger partial charge in [0.1, 0.15) is 17.3 Å². The molecule has 1 atom stereocenters. The van der Waals surface area contributed by atoms with Gasteiger partial charge in [-0.05, 0) is 43.0 Å². The molecule has 5 rings (SSSR count). The number of hydrogen-bond donors (Lipinski definition) is 2. The van der Waals surface area contributed by atoms with Crippen LogP contribution in [0.2, 0.25) is 0 Å². The van der Waals surface area contributed by atoms with Gasteiger partial charge in [-0.3, -0.25) is 9.69 Å². The van der Waals surface area contributed by atoms with E-state index in [9.17, 15) is 9.18 Å². The first kappa shape index (κ1) is 20.1. The number of carbonyl (C=O) groups excluding carboxylic acids is 1. The first-order valence-electron chi connectivity index (χ1n) is 11.0. The van der Waals surface area contributed by atoms with Crippen LogP contribution in [0.25, 0.3) is 10.9 Å². The number of halogens is 1. The van der Waals surface area contributed by atoms with Gasteiger partial charge >= 0.3 is 0 Å². The van der Waals surface area contributed by atoms with Gasteiger partial charge in [0, 0.05) is 30.1 Å². The third-order valence-electron chi connectivity index (χ3n) is 6.99. The molecule has 1 spiro atoms. The van der Waals surface area contributed by atoms with E-state index in [2.05, 4.69) is 39.5 Å². The predicted molar refractivity (Wildman–Crippen MR) is 119 cm³/mol. The fraction of sp³-hybridized carbons (Fsp3) is 0.400. The number of nitrogens with one attached hydrogen (secondary N) is 2. The molecular weight excluding hydrogens is 393 g/mol. The maximum Gasteiger partial charge on any atom is 0.267 e. The quantitative estimate of drug-likeness (QED) is 0.631. The summed E-state index contributed by atoms with van der Waals surface area (Å²) < 4.78 is 19.5. The van der Waals surface area contributed by atoms with Crippen molar-refractivity contribution in [3.8, 4) is 5.75 Å². The number of H-pyrrole nitrogens is 1. The molecule has 1 saturated heterocycles. The second-order valence-corrected chi connectivity index (χ2v) is 8.89. The molecule has 1 aliphatic carbocycles. The van der Waals surface area contributed by atoms with Gasteiger partial charge in [-0.2, -0.15) is 0 Å². The van der Waals surface area contributed by atoms with E-state index in [-0.39, 0.29) is 17.5 Å². The van der Waals surface area contributed by atoms with Gasteiger partial charge in [0.15, 0.2) is 0 Å². The third-order valence-corrected chi connectivity index (χ3v) is 6.99. The fourth-order valence-electron chi connectivity index (χ4n) is 5.52. The number of likely N-dealkylation sites (tertiary alicyclic amines) is 1. The lowest BCUT2D eigenvalue weighted by Crippen LogP contribution is -2.40. The van der Waals surface area contributed by atoms with E-state index in [1.54, 1.807) is 19.2 Å². The molecule has 2 fully saturated rings. The largest absolute Gasteiger partial charge is 0.496 e. The number of amides is 1. The first-order valence-corrected chi connectivity index (χ1v) is 11.0. The van der Waals surface area contributed by atoms with E-state index >= 15 is 0 Å². The van der Waals surface area contributed by atoms with Crippen LogP contribution in [-0.2, 0) is 6.54 Å². The highest BCUT2D eigenvalue weighted by molar-refractivity contribution is 6.00. The lowest BCUT2D eigenvalue weighted by molar-refractivity contribution is 0.0933. The van der Waals surface area contributed by atoms with Crippen molar-refractivity contribution in [3.63, 3.8) is 0 Å². The van der Waals surface area contributed by atoms with E-state index in [1.807, 2.05) is 6.07 Å². The summed E-state index contributed by atoms with van der Waals surface area (Å²) in [7, 11) is 1.54. The molecular formula is C25H28FN3O2. The highest BCUT2D eigenvalue weighted by Crippen LogP contribution is 2.44. The molecule has 1 saturated carbocycles. The molecule has 3 aromatic rings. The summed E-state index contributed by atoms with van der Waals surface area (Å²) in [5.74, 6) is -0.0430. The molecule has 2 aliphatic rings. The topological polar surface area (TPSA) is 57.4 Å². The number of ether oxygens (including phenoxy) is 1. The number of benzene rings is 2. The van der Waals surface area contributed by atoms with Crippen molar-refractivity contribution in [3.05, 3.63) is 65.6 Å². The number of nitrogens with zero attached hydrogens (tertiary/aromatic N) is 1. The van der Waals surface area contributed by atoms with E-state index in [4.69, 9.17) is 4.74 Å². The van der Waals surface area contributed by atoms with Crippen molar-refractivity contribution in [2.45, 2.75) is 50.2 Å². The monoisotopic (exact) mass is 421 g/mol. The van der Waals surface area contributed by atoms with E-state index in [0.717, 1.165) is 19.5 Å². The number of fused-ring (bicyclic) bond motifs is 1. The summed E-state index contributed by atoms with van der Waals surface area (Å²) in [6, 6.07) is 15.2. The average Bonchev–Trinajstić information content (AvgIpc) is 3.50. The highest BCUT2D eigenvalue weighted by Gasteiger charge is 2.47. The Morgan fingerprint density at radius 3 is 2.74 bits per heavy atom. The summed E-state index contributed by atoms with van der Waals surface area (Å²) >= 11 is 0. The molecule has 5 nitrogen and oxygen atoms in total. The zero-order chi connectivity index (χ0) is 21.4. The fourth-order valence-corrected chi connectivity index (χ4v) is 5.52. The molecule has 1 aromatic heterocycles. The predicted octanol–water partition coefficient (Wildman–Crippen LogP) is 4.63. The third kappa shape index (κ3) is 3.69. The van der Waals surface area contributed by atoms with Crippen LogP contribution in [0, 0.1) is 5.82 Å². The zero-order valence-electron chi connectivity index (χ0n) is 17.8. The van der Waals surface area contributed by atoms with Crippen molar-refractivity contribution in [2.24, 2.45) is 0 Å². The van der Waals surface area contributed by atoms with Crippen LogP contribution in [0.1, 0.15) is 48.2 Å². The van der Waals surface area contributed by atoms with Crippen LogP contribution >= 0.6 is 0 Å². The van der Waals surface area contributed by atoms with Crippen LogP contribution < -0.4 is 10.1 Å². The molecule has 31 heavy (non-hydrogen) atoms. The SMILES string of the molecule is COc1ccc(F)c2[nH]c(C(=O)NC3CN(Cc4ccccc4)C4(CCCC4)C3)cc12. The maximum absolute atomic E-state index is 14.2. The Kier molecular flexibility index (Phi) is 5.18. The van der Waals surface area contributed by atoms with Gasteiger partial charge in [-0.1, -0.05) is 43.2 Å². The Labute approximate surface area is 181 Å². The molecule has 0 bridgehead atoms. The van der Waals surface area contributed by atoms with Gasteiger partial charge in [0.2, 0.25) is 0 Å². The number of aromatic amines is 1. The van der Waals surface area contributed by atoms with Gasteiger partial charge < -0.3 is 15.0 Å². The minimum Gasteiger partial charge on any atom is -0.496 e. The standard InChI is InChI=1S/C25H28FN3O2/c1-31-22-10-9-20(26)23-19(22)13-21(28-23)24(30)27-18-14-25(11-5-6-12-25)29(16-18)15-17-7-3-2-4-8-17/h2-4,7-10,13,18,28H,5-6,11-12,14-16H2,1H3,(H,27,30). The minimum absolute atomic E-state index is 0.0764. The molecule has 6 heteroatoms. The Bertz CT molecular complexity index is 1090. The maximum atomic E-state index is 14.2. The summed E-state index contributed by atoms with van der Waals surface area (Å²) in [5.41, 5.74) is 2.14. The summed E-state index contributed by atoms with van der Waals surface area (Å²) in [4.78, 5) is 18.5. The summed E-state index contributed by atoms with van der Waals surface area (Å²) in [6.45, 7) is 1.74. The van der Waals surface area contributed by atoms with Crippen LogP contribution in [0.15, 0.2) is 48.5 Å². The molecule has 2 aromatic carbocycles. The average molecular weight is 422 g/mol. The number of carbonyl (C=O) groups is 1. The zero-order valence-corrected chi connectivity index (χ0v) is 17.8. The summed E-state index contributed by atoms with van der Waals surface area (Å²) in [6.07, 6.45) is 5.81. The second-order valence-electron chi connectivity index (χ2n) is 8.89. The minimum atomic E-state index is -0.394. The number of methoxy groups -OCH3 is 1. The van der Waals surface area contributed by atoms with Gasteiger partial charge in [-0.25, -0.2) is 4.39 Å². The van der Waals surface area contributed by atoms with Crippen molar-refractivity contribution in [1.82, 2.24) is 15.2 Å². The second kappa shape index (κ2) is 8.00. The molecule has 2 N–H and O–H groups in total. The van der Waals surface area contributed by atoms with Gasteiger partial charge in [-0.15, -0.1) is 0 Å². The molecule has 1 unspecified atom stereocenters. The smallest absolute Gasteiger partial charge is 0.267 e. The lowest BCUT2D eigenvalue weighted by atomic mass is 9.92. The first-order chi connectivity index (χ1) is 15.1. The van der Waals surface area contributed by atoms with Crippen LogP contribution in [0.3, 0.4) is 0 Å². The van der Waals surface area contributed by atoms with Gasteiger partial charge in [0.05, 0.1) is 12.6 Å². The van der Waals surface area contributed by atoms with Gasteiger partial charge in [0.25, 0.3) is 5.91 Å². The molecule has 162 valence electrons. The van der Waals surface area contributed by atoms with E-state index in [1.165, 1.54) is 37.3 Å². The molecule has 0 radical (unpaired) electrons. The number of hydrogen-bond acceptors (Lipinski definition) is 3. The van der Waals surface area contributed by atoms with Crippen molar-refractivity contribution in [1.29, 1.82) is 0 Å². The highest BCUT2D eigenvalue weighted by atomic mass is 19.1. The Morgan fingerprint density at radius 2 is 2.00 bits per heavy atom.